The fourth-order valence-electron chi connectivity index (χ4n) is 1.90. The van der Waals surface area contributed by atoms with Gasteiger partial charge in [-0.05, 0) is 26.0 Å². The number of hydrogen-bond acceptors (Lipinski definition) is 4. The van der Waals surface area contributed by atoms with Crippen molar-refractivity contribution in [1.29, 1.82) is 0 Å². The Hall–Kier alpha value is -1.88. The Labute approximate surface area is 113 Å². The van der Waals surface area contributed by atoms with Crippen LogP contribution in [0.5, 0.6) is 0 Å². The molecule has 0 aliphatic rings. The highest BCUT2D eigenvalue weighted by molar-refractivity contribution is 5.73. The van der Waals surface area contributed by atoms with Gasteiger partial charge in [0.1, 0.15) is 6.33 Å². The second-order valence-corrected chi connectivity index (χ2v) is 4.68. The number of anilines is 1. The molecule has 1 N–H and O–H groups in total. The van der Waals surface area contributed by atoms with Crippen LogP contribution >= 0.6 is 0 Å². The van der Waals surface area contributed by atoms with Crippen LogP contribution in [-0.2, 0) is 11.8 Å². The van der Waals surface area contributed by atoms with E-state index in [1.807, 2.05) is 42.8 Å². The van der Waals surface area contributed by atoms with Gasteiger partial charge in [0.05, 0.1) is 6.10 Å². The topological polar surface area (TPSA) is 52.0 Å². The van der Waals surface area contributed by atoms with Crippen LogP contribution in [0.15, 0.2) is 30.6 Å². The van der Waals surface area contributed by atoms with Gasteiger partial charge in [0.15, 0.2) is 5.82 Å². The summed E-state index contributed by atoms with van der Waals surface area (Å²) in [5.41, 5.74) is 2.08. The van der Waals surface area contributed by atoms with Crippen molar-refractivity contribution in [1.82, 2.24) is 14.8 Å². The molecule has 5 nitrogen and oxygen atoms in total. The minimum absolute atomic E-state index is 0.132. The second kappa shape index (κ2) is 5.84. The Morgan fingerprint density at radius 3 is 2.63 bits per heavy atom. The van der Waals surface area contributed by atoms with Gasteiger partial charge in [-0.25, -0.2) is 0 Å². The van der Waals surface area contributed by atoms with Crippen molar-refractivity contribution >= 4 is 5.69 Å². The molecule has 1 heterocycles. The first-order valence-corrected chi connectivity index (χ1v) is 6.36. The fraction of sp³-hybridized carbons (Fsp3) is 0.429. The highest BCUT2D eigenvalue weighted by atomic mass is 16.5. The largest absolute Gasteiger partial charge is 0.380 e. The lowest BCUT2D eigenvalue weighted by Gasteiger charge is -2.22. The maximum absolute atomic E-state index is 5.34. The van der Waals surface area contributed by atoms with Crippen molar-refractivity contribution in [3.05, 3.63) is 30.6 Å². The Morgan fingerprint density at radius 2 is 2.00 bits per heavy atom. The zero-order valence-corrected chi connectivity index (χ0v) is 11.8. The van der Waals surface area contributed by atoms with Crippen molar-refractivity contribution in [2.75, 3.05) is 12.4 Å². The molecule has 2 rings (SSSR count). The van der Waals surface area contributed by atoms with E-state index in [-0.39, 0.29) is 12.1 Å². The monoisotopic (exact) mass is 260 g/mol. The molecule has 0 spiro atoms. The zero-order chi connectivity index (χ0) is 13.8. The number of methoxy groups -OCH3 is 1. The Balaban J connectivity index is 2.30. The third-order valence-corrected chi connectivity index (χ3v) is 3.34. The number of ether oxygens (including phenoxy) is 1. The summed E-state index contributed by atoms with van der Waals surface area (Å²) in [6.45, 7) is 4.14. The fourth-order valence-corrected chi connectivity index (χ4v) is 1.90. The van der Waals surface area contributed by atoms with Crippen LogP contribution in [0.3, 0.4) is 0 Å². The van der Waals surface area contributed by atoms with Gasteiger partial charge in [0.25, 0.3) is 0 Å². The number of rotatable bonds is 5. The summed E-state index contributed by atoms with van der Waals surface area (Å²) < 4.78 is 7.25. The summed E-state index contributed by atoms with van der Waals surface area (Å²) in [6.07, 6.45) is 1.83. The smallest absolute Gasteiger partial charge is 0.165 e. The lowest BCUT2D eigenvalue weighted by Crippen LogP contribution is -2.29. The van der Waals surface area contributed by atoms with Crippen LogP contribution in [-0.4, -0.2) is 34.0 Å². The summed E-state index contributed by atoms with van der Waals surface area (Å²) in [6, 6.07) is 8.30. The highest BCUT2D eigenvalue weighted by Gasteiger charge is 2.15. The lowest BCUT2D eigenvalue weighted by atomic mass is 10.1. The van der Waals surface area contributed by atoms with E-state index in [9.17, 15) is 0 Å². The van der Waals surface area contributed by atoms with E-state index in [0.717, 1.165) is 17.1 Å². The number of aromatic nitrogens is 3. The van der Waals surface area contributed by atoms with Gasteiger partial charge in [-0.3, -0.25) is 0 Å². The number of para-hydroxylation sites is 1. The molecule has 2 aromatic rings. The van der Waals surface area contributed by atoms with Gasteiger partial charge in [0.2, 0.25) is 0 Å². The molecule has 0 radical (unpaired) electrons. The van der Waals surface area contributed by atoms with Gasteiger partial charge < -0.3 is 14.6 Å². The number of aryl methyl sites for hydroxylation is 1. The normalized spacial score (nSPS) is 14.1. The molecular weight excluding hydrogens is 240 g/mol. The molecule has 0 saturated heterocycles. The van der Waals surface area contributed by atoms with Gasteiger partial charge in [-0.2, -0.15) is 0 Å². The van der Waals surface area contributed by atoms with Crippen LogP contribution in [0.4, 0.5) is 5.69 Å². The van der Waals surface area contributed by atoms with Gasteiger partial charge in [-0.15, -0.1) is 10.2 Å². The van der Waals surface area contributed by atoms with Crippen LogP contribution in [0.25, 0.3) is 11.4 Å². The van der Waals surface area contributed by atoms with Crippen molar-refractivity contribution in [2.24, 2.45) is 7.05 Å². The molecule has 0 amide bonds. The van der Waals surface area contributed by atoms with Gasteiger partial charge in [0, 0.05) is 31.5 Å². The first-order valence-electron chi connectivity index (χ1n) is 6.36. The van der Waals surface area contributed by atoms with Crippen LogP contribution in [0.2, 0.25) is 0 Å². The van der Waals surface area contributed by atoms with E-state index in [0.29, 0.717) is 0 Å². The molecule has 0 aliphatic carbocycles. The Kier molecular flexibility index (Phi) is 4.16. The minimum Gasteiger partial charge on any atom is -0.380 e. The summed E-state index contributed by atoms with van der Waals surface area (Å²) in [5, 5.41) is 11.6. The quantitative estimate of drug-likeness (QED) is 0.896. The van der Waals surface area contributed by atoms with E-state index < -0.39 is 0 Å². The molecule has 2 unspecified atom stereocenters. The molecule has 0 fully saturated rings. The summed E-state index contributed by atoms with van der Waals surface area (Å²) >= 11 is 0. The number of nitrogens with one attached hydrogen (secondary N) is 1. The average molecular weight is 260 g/mol. The molecule has 0 saturated carbocycles. The van der Waals surface area contributed by atoms with E-state index >= 15 is 0 Å². The van der Waals surface area contributed by atoms with E-state index in [2.05, 4.69) is 22.4 Å². The standard InChI is InChI=1S/C14H20N4O/c1-10(11(2)19-4)16-13-8-6-5-7-12(13)14-17-15-9-18(14)3/h5-11,16H,1-4H3. The number of nitrogens with zero attached hydrogens (tertiary/aromatic N) is 3. The van der Waals surface area contributed by atoms with Crippen LogP contribution in [0.1, 0.15) is 13.8 Å². The second-order valence-electron chi connectivity index (χ2n) is 4.68. The van der Waals surface area contributed by atoms with E-state index in [1.165, 1.54) is 0 Å². The molecule has 2 atom stereocenters. The Bertz CT molecular complexity index is 538. The SMILES string of the molecule is COC(C)C(C)Nc1ccccc1-c1nncn1C. The van der Waals surface area contributed by atoms with E-state index in [4.69, 9.17) is 4.74 Å². The molecule has 1 aromatic carbocycles. The van der Waals surface area contributed by atoms with Crippen molar-refractivity contribution < 1.29 is 4.74 Å². The molecular formula is C14H20N4O. The molecule has 0 aliphatic heterocycles. The molecule has 1 aromatic heterocycles. The summed E-state index contributed by atoms with van der Waals surface area (Å²) in [5.74, 6) is 0.848. The summed E-state index contributed by atoms with van der Waals surface area (Å²) in [4.78, 5) is 0. The van der Waals surface area contributed by atoms with Crippen LogP contribution < -0.4 is 5.32 Å². The maximum Gasteiger partial charge on any atom is 0.165 e. The lowest BCUT2D eigenvalue weighted by molar-refractivity contribution is 0.106. The number of benzene rings is 1. The van der Waals surface area contributed by atoms with Crippen LogP contribution in [0, 0.1) is 0 Å². The first kappa shape index (κ1) is 13.5. The van der Waals surface area contributed by atoms with Crippen molar-refractivity contribution in [3.8, 4) is 11.4 Å². The summed E-state index contributed by atoms with van der Waals surface area (Å²) in [7, 11) is 3.66. The van der Waals surface area contributed by atoms with Gasteiger partial charge >= 0.3 is 0 Å². The zero-order valence-electron chi connectivity index (χ0n) is 11.8. The Morgan fingerprint density at radius 1 is 1.26 bits per heavy atom. The predicted molar refractivity (Wildman–Crippen MR) is 76.0 cm³/mol. The maximum atomic E-state index is 5.34. The van der Waals surface area contributed by atoms with Crippen molar-refractivity contribution in [2.45, 2.75) is 26.0 Å². The molecule has 5 heteroatoms. The third-order valence-electron chi connectivity index (χ3n) is 3.34. The minimum atomic E-state index is 0.132. The average Bonchev–Trinajstić information content (AvgIpc) is 2.84. The van der Waals surface area contributed by atoms with Crippen molar-refractivity contribution in [3.63, 3.8) is 0 Å². The number of hydrogen-bond donors (Lipinski definition) is 1. The predicted octanol–water partition coefficient (Wildman–Crippen LogP) is 2.32. The molecule has 19 heavy (non-hydrogen) atoms. The molecule has 0 bridgehead atoms. The first-order chi connectivity index (χ1) is 9.13. The molecule has 102 valence electrons. The van der Waals surface area contributed by atoms with Gasteiger partial charge in [-0.1, -0.05) is 12.1 Å². The van der Waals surface area contributed by atoms with E-state index in [1.54, 1.807) is 13.4 Å². The third kappa shape index (κ3) is 2.93. The highest BCUT2D eigenvalue weighted by Crippen LogP contribution is 2.26.